The number of methoxy groups -OCH3 is 1. The normalized spacial score (nSPS) is 10.1. The number of esters is 1. The predicted octanol–water partition coefficient (Wildman–Crippen LogP) is 1.76. The SMILES string of the molecule is COC(=O)CCC(=O)Nc1ccn(-c2ccccc2)n1. The lowest BCUT2D eigenvalue weighted by molar-refractivity contribution is -0.141. The fraction of sp³-hybridized carbons (Fsp3) is 0.214. The summed E-state index contributed by atoms with van der Waals surface area (Å²) in [4.78, 5) is 22.5. The van der Waals surface area contributed by atoms with Crippen LogP contribution in [0.25, 0.3) is 5.69 Å². The first kappa shape index (κ1) is 13.8. The molecule has 0 bridgehead atoms. The molecule has 0 aliphatic carbocycles. The molecule has 104 valence electrons. The summed E-state index contributed by atoms with van der Waals surface area (Å²) in [6.07, 6.45) is 1.89. The Kier molecular flexibility index (Phi) is 4.49. The largest absolute Gasteiger partial charge is 0.469 e. The van der Waals surface area contributed by atoms with Gasteiger partial charge in [-0.05, 0) is 12.1 Å². The van der Waals surface area contributed by atoms with Crippen LogP contribution in [0.2, 0.25) is 0 Å². The summed E-state index contributed by atoms with van der Waals surface area (Å²) in [5, 5.41) is 6.87. The fourth-order valence-corrected chi connectivity index (χ4v) is 1.64. The van der Waals surface area contributed by atoms with Gasteiger partial charge in [0.05, 0.1) is 19.2 Å². The Hall–Kier alpha value is -2.63. The second kappa shape index (κ2) is 6.51. The van der Waals surface area contributed by atoms with E-state index < -0.39 is 5.97 Å². The Morgan fingerprint density at radius 2 is 1.95 bits per heavy atom. The Bertz CT molecular complexity index is 593. The molecule has 1 N–H and O–H groups in total. The first-order chi connectivity index (χ1) is 9.69. The quantitative estimate of drug-likeness (QED) is 0.842. The molecular weight excluding hydrogens is 258 g/mol. The van der Waals surface area contributed by atoms with E-state index in [0.29, 0.717) is 5.82 Å². The number of carbonyl (C=O) groups is 2. The van der Waals surface area contributed by atoms with E-state index >= 15 is 0 Å². The van der Waals surface area contributed by atoms with Gasteiger partial charge in [-0.2, -0.15) is 5.10 Å². The van der Waals surface area contributed by atoms with E-state index in [0.717, 1.165) is 5.69 Å². The molecule has 0 fully saturated rings. The van der Waals surface area contributed by atoms with Crippen molar-refractivity contribution < 1.29 is 14.3 Å². The molecule has 20 heavy (non-hydrogen) atoms. The molecule has 1 amide bonds. The van der Waals surface area contributed by atoms with Crippen LogP contribution in [0.15, 0.2) is 42.6 Å². The van der Waals surface area contributed by atoms with Gasteiger partial charge in [0.1, 0.15) is 0 Å². The van der Waals surface area contributed by atoms with Gasteiger partial charge in [-0.15, -0.1) is 0 Å². The molecule has 0 aliphatic heterocycles. The summed E-state index contributed by atoms with van der Waals surface area (Å²) in [5.74, 6) is -0.229. The minimum absolute atomic E-state index is 0.0573. The third-order valence-electron chi connectivity index (χ3n) is 2.66. The summed E-state index contributed by atoms with van der Waals surface area (Å²) in [7, 11) is 1.29. The van der Waals surface area contributed by atoms with Gasteiger partial charge in [-0.1, -0.05) is 18.2 Å². The topological polar surface area (TPSA) is 73.2 Å². The number of ether oxygens (including phenoxy) is 1. The number of carbonyl (C=O) groups excluding carboxylic acids is 2. The second-order valence-corrected chi connectivity index (χ2v) is 4.11. The van der Waals surface area contributed by atoms with Crippen molar-refractivity contribution in [2.75, 3.05) is 12.4 Å². The van der Waals surface area contributed by atoms with Crippen molar-refractivity contribution >= 4 is 17.7 Å². The van der Waals surface area contributed by atoms with E-state index in [1.54, 1.807) is 16.9 Å². The lowest BCUT2D eigenvalue weighted by atomic mass is 10.3. The third-order valence-corrected chi connectivity index (χ3v) is 2.66. The number of benzene rings is 1. The highest BCUT2D eigenvalue weighted by atomic mass is 16.5. The van der Waals surface area contributed by atoms with Crippen LogP contribution in [0.3, 0.4) is 0 Å². The van der Waals surface area contributed by atoms with E-state index in [4.69, 9.17) is 0 Å². The second-order valence-electron chi connectivity index (χ2n) is 4.11. The standard InChI is InChI=1S/C14H15N3O3/c1-20-14(19)8-7-13(18)15-12-9-10-17(16-12)11-5-3-2-4-6-11/h2-6,9-10H,7-8H2,1H3,(H,15,16,18). The Labute approximate surface area is 116 Å². The van der Waals surface area contributed by atoms with Gasteiger partial charge in [0.25, 0.3) is 0 Å². The summed E-state index contributed by atoms with van der Waals surface area (Å²) >= 11 is 0. The number of nitrogens with zero attached hydrogens (tertiary/aromatic N) is 2. The molecule has 1 aromatic carbocycles. The summed E-state index contributed by atoms with van der Waals surface area (Å²) in [5.41, 5.74) is 0.905. The van der Waals surface area contributed by atoms with Gasteiger partial charge in [0.15, 0.2) is 5.82 Å². The minimum Gasteiger partial charge on any atom is -0.469 e. The maximum Gasteiger partial charge on any atom is 0.306 e. The predicted molar refractivity (Wildman–Crippen MR) is 73.4 cm³/mol. The van der Waals surface area contributed by atoms with Crippen LogP contribution < -0.4 is 5.32 Å². The van der Waals surface area contributed by atoms with Gasteiger partial charge < -0.3 is 10.1 Å². The molecule has 0 aliphatic rings. The van der Waals surface area contributed by atoms with Gasteiger partial charge in [0, 0.05) is 18.7 Å². The van der Waals surface area contributed by atoms with E-state index in [9.17, 15) is 9.59 Å². The number of para-hydroxylation sites is 1. The molecule has 0 saturated heterocycles. The van der Waals surface area contributed by atoms with Crippen molar-refractivity contribution in [3.05, 3.63) is 42.6 Å². The molecule has 0 unspecified atom stereocenters. The van der Waals surface area contributed by atoms with Crippen LogP contribution >= 0.6 is 0 Å². The first-order valence-corrected chi connectivity index (χ1v) is 6.17. The Morgan fingerprint density at radius 3 is 2.65 bits per heavy atom. The number of aromatic nitrogens is 2. The Balaban J connectivity index is 1.93. The molecule has 0 radical (unpaired) electrons. The van der Waals surface area contributed by atoms with Crippen LogP contribution in [-0.4, -0.2) is 28.8 Å². The average molecular weight is 273 g/mol. The van der Waals surface area contributed by atoms with Crippen molar-refractivity contribution in [1.82, 2.24) is 9.78 Å². The summed E-state index contributed by atoms with van der Waals surface area (Å²) < 4.78 is 6.14. The van der Waals surface area contributed by atoms with Gasteiger partial charge in [-0.3, -0.25) is 9.59 Å². The fourth-order valence-electron chi connectivity index (χ4n) is 1.64. The third kappa shape index (κ3) is 3.68. The maximum atomic E-state index is 11.6. The van der Waals surface area contributed by atoms with Crippen LogP contribution in [-0.2, 0) is 14.3 Å². The van der Waals surface area contributed by atoms with Crippen molar-refractivity contribution in [3.8, 4) is 5.69 Å². The summed E-state index contributed by atoms with van der Waals surface area (Å²) in [6.45, 7) is 0. The number of nitrogens with one attached hydrogen (secondary N) is 1. The van der Waals surface area contributed by atoms with E-state index in [1.807, 2.05) is 30.3 Å². The number of amides is 1. The van der Waals surface area contributed by atoms with Crippen molar-refractivity contribution in [2.24, 2.45) is 0 Å². The molecule has 6 nitrogen and oxygen atoms in total. The minimum atomic E-state index is -0.407. The van der Waals surface area contributed by atoms with Crippen LogP contribution in [0, 0.1) is 0 Å². The molecule has 0 saturated carbocycles. The Morgan fingerprint density at radius 1 is 1.20 bits per heavy atom. The van der Waals surface area contributed by atoms with E-state index in [2.05, 4.69) is 15.2 Å². The lowest BCUT2D eigenvalue weighted by Crippen LogP contribution is -2.14. The van der Waals surface area contributed by atoms with Gasteiger partial charge in [-0.25, -0.2) is 4.68 Å². The summed E-state index contributed by atoms with van der Waals surface area (Å²) in [6, 6.07) is 11.3. The van der Waals surface area contributed by atoms with Gasteiger partial charge in [0.2, 0.25) is 5.91 Å². The van der Waals surface area contributed by atoms with Gasteiger partial charge >= 0.3 is 5.97 Å². The molecule has 6 heteroatoms. The molecule has 1 aromatic heterocycles. The zero-order chi connectivity index (χ0) is 14.4. The maximum absolute atomic E-state index is 11.6. The smallest absolute Gasteiger partial charge is 0.306 e. The molecule has 0 spiro atoms. The number of anilines is 1. The number of rotatable bonds is 5. The average Bonchev–Trinajstić information content (AvgIpc) is 2.94. The molecular formula is C14H15N3O3. The molecule has 0 atom stereocenters. The number of hydrogen-bond acceptors (Lipinski definition) is 4. The highest BCUT2D eigenvalue weighted by molar-refractivity contribution is 5.91. The van der Waals surface area contributed by atoms with Crippen molar-refractivity contribution in [3.63, 3.8) is 0 Å². The molecule has 1 heterocycles. The lowest BCUT2D eigenvalue weighted by Gasteiger charge is -2.02. The number of hydrogen-bond donors (Lipinski definition) is 1. The van der Waals surface area contributed by atoms with Crippen LogP contribution in [0.5, 0.6) is 0 Å². The molecule has 2 aromatic rings. The van der Waals surface area contributed by atoms with Crippen LogP contribution in [0.4, 0.5) is 5.82 Å². The zero-order valence-electron chi connectivity index (χ0n) is 11.1. The molecule has 2 rings (SSSR count). The zero-order valence-corrected chi connectivity index (χ0v) is 11.1. The monoisotopic (exact) mass is 273 g/mol. The first-order valence-electron chi connectivity index (χ1n) is 6.17. The van der Waals surface area contributed by atoms with E-state index in [-0.39, 0.29) is 18.7 Å². The van der Waals surface area contributed by atoms with E-state index in [1.165, 1.54) is 7.11 Å². The van der Waals surface area contributed by atoms with Crippen LogP contribution in [0.1, 0.15) is 12.8 Å². The van der Waals surface area contributed by atoms with Crippen molar-refractivity contribution in [2.45, 2.75) is 12.8 Å². The highest BCUT2D eigenvalue weighted by Crippen LogP contribution is 2.10. The highest BCUT2D eigenvalue weighted by Gasteiger charge is 2.08. The van der Waals surface area contributed by atoms with Crippen molar-refractivity contribution in [1.29, 1.82) is 0 Å².